The van der Waals surface area contributed by atoms with Gasteiger partial charge in [0.15, 0.2) is 0 Å². The van der Waals surface area contributed by atoms with Crippen LogP contribution in [-0.4, -0.2) is 8.80 Å². The van der Waals surface area contributed by atoms with E-state index in [0.717, 1.165) is 0 Å². The predicted octanol–water partition coefficient (Wildman–Crippen LogP) is -1.77. The first-order chi connectivity index (χ1) is 3.68. The molecule has 0 aromatic heterocycles. The Labute approximate surface area is 47.7 Å². The lowest BCUT2D eigenvalue weighted by molar-refractivity contribution is 0.0658. The number of rotatable bonds is 3. The van der Waals surface area contributed by atoms with E-state index in [9.17, 15) is 0 Å². The first kappa shape index (κ1) is 7.98. The molecule has 0 aliphatic rings. The number of nitrogens with two attached hydrogens (primary N) is 3. The van der Waals surface area contributed by atoms with E-state index in [0.29, 0.717) is 0 Å². The van der Waals surface area contributed by atoms with E-state index >= 15 is 0 Å². The molecule has 0 bridgehead atoms. The zero-order chi connectivity index (χ0) is 6.62. The molecule has 6 N–H and O–H groups in total. The molecule has 0 aliphatic heterocycles. The summed E-state index contributed by atoms with van der Waals surface area (Å²) < 4.78 is 12.5. The highest BCUT2D eigenvalue weighted by Crippen LogP contribution is 1.96. The van der Waals surface area contributed by atoms with Crippen LogP contribution in [0.25, 0.3) is 0 Å². The molecular formula is CH9N3O3Si. The average Bonchev–Trinajstić information content (AvgIpc) is 1.87. The third-order valence-electron chi connectivity index (χ3n) is 0.642. The Hall–Kier alpha value is -0.0231. The molecule has 0 radical (unpaired) electrons. The predicted molar refractivity (Wildman–Crippen MR) is 27.4 cm³/mol. The molecule has 0 atom stereocenters. The lowest BCUT2D eigenvalue weighted by Gasteiger charge is -2.15. The van der Waals surface area contributed by atoms with Gasteiger partial charge < -0.3 is 0 Å². The highest BCUT2D eigenvalue weighted by Gasteiger charge is 2.33. The summed E-state index contributed by atoms with van der Waals surface area (Å²) in [5, 5.41) is 0. The summed E-state index contributed by atoms with van der Waals surface area (Å²) in [4.78, 5) is 0. The second kappa shape index (κ2) is 3.09. The van der Waals surface area contributed by atoms with Crippen LogP contribution in [0.2, 0.25) is 6.55 Å². The molecule has 8 heavy (non-hydrogen) atoms. The average molecular weight is 139 g/mol. The Morgan fingerprint density at radius 1 is 1.00 bits per heavy atom. The molecule has 0 aromatic carbocycles. The molecule has 0 spiro atoms. The largest absolute Gasteiger partial charge is 0.547 e. The molecule has 0 fully saturated rings. The van der Waals surface area contributed by atoms with Gasteiger partial charge in [0, 0.05) is 6.55 Å². The van der Waals surface area contributed by atoms with Crippen LogP contribution in [0.3, 0.4) is 0 Å². The van der Waals surface area contributed by atoms with Gasteiger partial charge in [-0.25, -0.2) is 17.7 Å². The third kappa shape index (κ3) is 1.84. The summed E-state index contributed by atoms with van der Waals surface area (Å²) in [6.45, 7) is 1.45. The first-order valence-corrected chi connectivity index (χ1v) is 4.04. The second-order valence-corrected chi connectivity index (χ2v) is 3.65. The molecule has 0 saturated carbocycles. The van der Waals surface area contributed by atoms with Gasteiger partial charge in [-0.05, 0) is 0 Å². The minimum absolute atomic E-state index is 1.45. The molecule has 7 heteroatoms. The van der Waals surface area contributed by atoms with E-state index in [1.165, 1.54) is 6.55 Å². The van der Waals surface area contributed by atoms with Gasteiger partial charge in [-0.15, -0.1) is 0 Å². The Bertz CT molecular complexity index is 57.3. The molecule has 0 unspecified atom stereocenters. The topological polar surface area (TPSA) is 106 Å². The number of hydrogen-bond donors (Lipinski definition) is 3. The van der Waals surface area contributed by atoms with Crippen LogP contribution < -0.4 is 17.7 Å². The molecular weight excluding hydrogens is 130 g/mol. The smallest absolute Gasteiger partial charge is 0.290 e. The fourth-order valence-corrected chi connectivity index (χ4v) is 0.250. The quantitative estimate of drug-likeness (QED) is 0.315. The van der Waals surface area contributed by atoms with E-state index < -0.39 is 8.80 Å². The van der Waals surface area contributed by atoms with Crippen LogP contribution in [-0.2, 0) is 13.6 Å². The van der Waals surface area contributed by atoms with Crippen molar-refractivity contribution in [2.24, 2.45) is 17.7 Å². The van der Waals surface area contributed by atoms with Gasteiger partial charge in [0.25, 0.3) is 0 Å². The highest BCUT2D eigenvalue weighted by molar-refractivity contribution is 6.58. The van der Waals surface area contributed by atoms with Crippen molar-refractivity contribution >= 4 is 8.80 Å². The molecule has 6 nitrogen and oxygen atoms in total. The van der Waals surface area contributed by atoms with Crippen molar-refractivity contribution in [1.82, 2.24) is 0 Å². The summed E-state index contributed by atoms with van der Waals surface area (Å²) in [5.74, 6) is 14.0. The van der Waals surface area contributed by atoms with Crippen LogP contribution in [0.15, 0.2) is 0 Å². The maximum Gasteiger partial charge on any atom is 0.547 e. The molecule has 0 aliphatic carbocycles. The van der Waals surface area contributed by atoms with E-state index in [4.69, 9.17) is 0 Å². The van der Waals surface area contributed by atoms with Gasteiger partial charge in [0.2, 0.25) is 0 Å². The summed E-state index contributed by atoms with van der Waals surface area (Å²) in [5.41, 5.74) is 0. The lowest BCUT2D eigenvalue weighted by Crippen LogP contribution is -2.48. The highest BCUT2D eigenvalue weighted by atomic mass is 28.4. The van der Waals surface area contributed by atoms with Crippen molar-refractivity contribution in [3.63, 3.8) is 0 Å². The van der Waals surface area contributed by atoms with Crippen molar-refractivity contribution < 1.29 is 13.6 Å². The fourth-order valence-electron chi connectivity index (χ4n) is 0.0833. The van der Waals surface area contributed by atoms with Gasteiger partial charge >= 0.3 is 8.80 Å². The normalized spacial score (nSPS) is 12.0. The number of hydrogen-bond acceptors (Lipinski definition) is 6. The van der Waals surface area contributed by atoms with E-state index in [1.807, 2.05) is 0 Å². The van der Waals surface area contributed by atoms with Crippen LogP contribution >= 0.6 is 0 Å². The molecule has 0 amide bonds. The second-order valence-electron chi connectivity index (χ2n) is 1.22. The van der Waals surface area contributed by atoms with Crippen LogP contribution in [0.4, 0.5) is 0 Å². The summed E-state index contributed by atoms with van der Waals surface area (Å²) in [6, 6.07) is 0. The molecule has 0 rings (SSSR count). The monoisotopic (exact) mass is 139 g/mol. The van der Waals surface area contributed by atoms with Gasteiger partial charge in [0.1, 0.15) is 0 Å². The van der Waals surface area contributed by atoms with Gasteiger partial charge in [-0.3, -0.25) is 13.6 Å². The Balaban J connectivity index is 3.58. The summed E-state index contributed by atoms with van der Waals surface area (Å²) in [6.07, 6.45) is 0. The van der Waals surface area contributed by atoms with Crippen molar-refractivity contribution in [1.29, 1.82) is 0 Å². The van der Waals surface area contributed by atoms with Gasteiger partial charge in [-0.1, -0.05) is 0 Å². The Morgan fingerprint density at radius 3 is 1.25 bits per heavy atom. The molecule has 50 valence electrons. The lowest BCUT2D eigenvalue weighted by atomic mass is 11.9. The fraction of sp³-hybridized carbons (Fsp3) is 1.00. The molecule has 0 heterocycles. The maximum absolute atomic E-state index is 4.68. The SMILES string of the molecule is C[Si](ON)(ON)ON. The van der Waals surface area contributed by atoms with Crippen molar-refractivity contribution in [2.75, 3.05) is 0 Å². The van der Waals surface area contributed by atoms with Crippen molar-refractivity contribution in [2.45, 2.75) is 6.55 Å². The van der Waals surface area contributed by atoms with Crippen LogP contribution in [0, 0.1) is 0 Å². The molecule has 0 aromatic rings. The van der Waals surface area contributed by atoms with E-state index in [2.05, 4.69) is 31.3 Å². The van der Waals surface area contributed by atoms with Crippen molar-refractivity contribution in [3.8, 4) is 0 Å². The first-order valence-electron chi connectivity index (χ1n) is 1.82. The Kier molecular flexibility index (Phi) is 3.08. The maximum atomic E-state index is 4.68. The Morgan fingerprint density at radius 2 is 1.25 bits per heavy atom. The zero-order valence-corrected chi connectivity index (χ0v) is 5.46. The van der Waals surface area contributed by atoms with Crippen LogP contribution in [0.5, 0.6) is 0 Å². The minimum Gasteiger partial charge on any atom is -0.290 e. The molecule has 0 saturated heterocycles. The zero-order valence-electron chi connectivity index (χ0n) is 4.46. The van der Waals surface area contributed by atoms with Gasteiger partial charge in [0.05, 0.1) is 0 Å². The van der Waals surface area contributed by atoms with Crippen LogP contribution in [0.1, 0.15) is 0 Å². The summed E-state index contributed by atoms with van der Waals surface area (Å²) in [7, 11) is -2.84. The van der Waals surface area contributed by atoms with E-state index in [-0.39, 0.29) is 0 Å². The minimum atomic E-state index is -2.84. The summed E-state index contributed by atoms with van der Waals surface area (Å²) >= 11 is 0. The van der Waals surface area contributed by atoms with Gasteiger partial charge in [-0.2, -0.15) is 0 Å². The van der Waals surface area contributed by atoms with E-state index in [1.54, 1.807) is 0 Å². The van der Waals surface area contributed by atoms with Crippen molar-refractivity contribution in [3.05, 3.63) is 0 Å². The standard InChI is InChI=1S/CH9N3O3Si/c1-8(5-2,6-3)7-4/h2-4H2,1H3. The third-order valence-corrected chi connectivity index (χ3v) is 1.93.